The van der Waals surface area contributed by atoms with Gasteiger partial charge in [-0.05, 0) is 11.6 Å². The summed E-state index contributed by atoms with van der Waals surface area (Å²) in [5.74, 6) is 0.335. The quantitative estimate of drug-likeness (QED) is 0.643. The summed E-state index contributed by atoms with van der Waals surface area (Å²) in [6, 6.07) is 4.36. The van der Waals surface area contributed by atoms with Crippen molar-refractivity contribution in [2.75, 3.05) is 6.54 Å². The van der Waals surface area contributed by atoms with E-state index >= 15 is 0 Å². The van der Waals surface area contributed by atoms with E-state index in [1.54, 1.807) is 6.07 Å². The van der Waals surface area contributed by atoms with Crippen LogP contribution in [0.4, 0.5) is 5.69 Å². The molecular formula is C18H22N4O4. The molecule has 0 fully saturated rings. The zero-order valence-corrected chi connectivity index (χ0v) is 15.1. The number of phenolic OH excluding ortho intramolecular Hbond substituents is 1. The molecule has 1 aliphatic heterocycles. The molecule has 0 spiro atoms. The molecule has 0 amide bonds. The van der Waals surface area contributed by atoms with Gasteiger partial charge in [0.2, 0.25) is 0 Å². The molecule has 0 atom stereocenters. The van der Waals surface area contributed by atoms with Crippen LogP contribution in [-0.4, -0.2) is 31.4 Å². The van der Waals surface area contributed by atoms with Crippen molar-refractivity contribution in [1.82, 2.24) is 14.9 Å². The van der Waals surface area contributed by atoms with Gasteiger partial charge in [0.15, 0.2) is 5.75 Å². The fourth-order valence-corrected chi connectivity index (χ4v) is 3.04. The van der Waals surface area contributed by atoms with Gasteiger partial charge in [0.1, 0.15) is 5.82 Å². The van der Waals surface area contributed by atoms with Crippen LogP contribution in [-0.2, 0) is 24.9 Å². The van der Waals surface area contributed by atoms with Crippen LogP contribution in [0.25, 0.3) is 0 Å². The van der Waals surface area contributed by atoms with Crippen LogP contribution in [0.5, 0.6) is 5.75 Å². The zero-order valence-electron chi connectivity index (χ0n) is 15.1. The average molecular weight is 358 g/mol. The maximum atomic E-state index is 12.5. The number of aromatic amines is 1. The lowest BCUT2D eigenvalue weighted by Crippen LogP contribution is -2.37. The molecule has 138 valence electrons. The second-order valence-electron chi connectivity index (χ2n) is 7.63. The Kier molecular flexibility index (Phi) is 4.53. The minimum Gasteiger partial charge on any atom is -0.502 e. The molecule has 2 N–H and O–H groups in total. The summed E-state index contributed by atoms with van der Waals surface area (Å²) in [6.45, 7) is 7.62. The Morgan fingerprint density at radius 1 is 1.38 bits per heavy atom. The highest BCUT2D eigenvalue weighted by molar-refractivity contribution is 5.47. The number of phenols is 1. The number of hydrogen-bond acceptors (Lipinski definition) is 6. The molecule has 8 nitrogen and oxygen atoms in total. The van der Waals surface area contributed by atoms with Crippen LogP contribution in [0, 0.1) is 10.1 Å². The van der Waals surface area contributed by atoms with Crippen LogP contribution in [0.3, 0.4) is 0 Å². The maximum absolute atomic E-state index is 12.5. The van der Waals surface area contributed by atoms with Crippen molar-refractivity contribution in [2.24, 2.45) is 0 Å². The third kappa shape index (κ3) is 3.60. The predicted molar refractivity (Wildman–Crippen MR) is 96.1 cm³/mol. The largest absolute Gasteiger partial charge is 0.502 e. The molecule has 0 unspecified atom stereocenters. The fourth-order valence-electron chi connectivity index (χ4n) is 3.04. The monoisotopic (exact) mass is 358 g/mol. The number of nitro groups is 1. The lowest BCUT2D eigenvalue weighted by Gasteiger charge is -2.29. The van der Waals surface area contributed by atoms with Crippen molar-refractivity contribution >= 4 is 5.69 Å². The number of nitrogens with one attached hydrogen (secondary N) is 1. The van der Waals surface area contributed by atoms with Gasteiger partial charge in [-0.3, -0.25) is 19.8 Å². The molecule has 0 saturated heterocycles. The van der Waals surface area contributed by atoms with Crippen LogP contribution in [0.2, 0.25) is 0 Å². The number of rotatable bonds is 3. The first-order valence-corrected chi connectivity index (χ1v) is 8.46. The molecule has 26 heavy (non-hydrogen) atoms. The van der Waals surface area contributed by atoms with Gasteiger partial charge in [-0.1, -0.05) is 26.8 Å². The molecule has 1 aromatic carbocycles. The number of hydrogen-bond donors (Lipinski definition) is 2. The lowest BCUT2D eigenvalue weighted by molar-refractivity contribution is -0.385. The number of aromatic hydroxyl groups is 1. The number of aromatic nitrogens is 2. The van der Waals surface area contributed by atoms with E-state index < -0.39 is 4.92 Å². The molecular weight excluding hydrogens is 336 g/mol. The summed E-state index contributed by atoms with van der Waals surface area (Å²) in [5, 5.41) is 20.5. The molecule has 1 aliphatic rings. The van der Waals surface area contributed by atoms with Gasteiger partial charge < -0.3 is 10.1 Å². The van der Waals surface area contributed by atoms with Gasteiger partial charge in [0, 0.05) is 37.5 Å². The van der Waals surface area contributed by atoms with Gasteiger partial charge in [-0.15, -0.1) is 0 Å². The predicted octanol–water partition coefficient (Wildman–Crippen LogP) is 2.24. The van der Waals surface area contributed by atoms with Crippen LogP contribution in [0.1, 0.15) is 43.4 Å². The third-order valence-corrected chi connectivity index (χ3v) is 4.50. The second-order valence-corrected chi connectivity index (χ2v) is 7.63. The van der Waals surface area contributed by atoms with E-state index in [2.05, 4.69) is 9.97 Å². The normalized spacial score (nSPS) is 14.9. The first-order chi connectivity index (χ1) is 12.1. The average Bonchev–Trinajstić information content (AvgIpc) is 2.56. The molecule has 1 aromatic heterocycles. The van der Waals surface area contributed by atoms with Crippen LogP contribution >= 0.6 is 0 Å². The highest BCUT2D eigenvalue weighted by Gasteiger charge is 2.25. The number of benzene rings is 1. The fraction of sp³-hybridized carbons (Fsp3) is 0.444. The second kappa shape index (κ2) is 6.53. The van der Waals surface area contributed by atoms with E-state index in [9.17, 15) is 20.0 Å². The molecule has 3 rings (SSSR count). The number of H-pyrrole nitrogens is 1. The van der Waals surface area contributed by atoms with E-state index in [-0.39, 0.29) is 22.4 Å². The first kappa shape index (κ1) is 18.1. The van der Waals surface area contributed by atoms with Crippen LogP contribution in [0.15, 0.2) is 23.0 Å². The van der Waals surface area contributed by atoms with Crippen molar-refractivity contribution in [3.05, 3.63) is 61.3 Å². The Morgan fingerprint density at radius 3 is 2.77 bits per heavy atom. The van der Waals surface area contributed by atoms with E-state index in [0.29, 0.717) is 43.0 Å². The Morgan fingerprint density at radius 2 is 2.12 bits per heavy atom. The van der Waals surface area contributed by atoms with Crippen molar-refractivity contribution in [1.29, 1.82) is 0 Å². The minimum absolute atomic E-state index is 0.124. The highest BCUT2D eigenvalue weighted by atomic mass is 16.6. The Hall–Kier alpha value is -2.74. The standard InChI is InChI=1S/C18H22N4O4/c1-18(2,3)17-19-13-6-7-21(10-12(13)16(24)20-17)9-11-4-5-15(23)14(8-11)22(25)26/h4-5,8,23H,6-7,9-10H2,1-3H3,(H,19,20,24). The van der Waals surface area contributed by atoms with Crippen molar-refractivity contribution < 1.29 is 10.0 Å². The molecule has 0 bridgehead atoms. The summed E-state index contributed by atoms with van der Waals surface area (Å²) >= 11 is 0. The zero-order chi connectivity index (χ0) is 19.1. The van der Waals surface area contributed by atoms with Crippen molar-refractivity contribution in [3.8, 4) is 5.75 Å². The maximum Gasteiger partial charge on any atom is 0.311 e. The minimum atomic E-state index is -0.604. The number of nitro benzene ring substituents is 1. The Labute approximate surface area is 150 Å². The number of fused-ring (bicyclic) bond motifs is 1. The summed E-state index contributed by atoms with van der Waals surface area (Å²) in [5.41, 5.74) is 1.53. The molecule has 8 heteroatoms. The molecule has 2 heterocycles. The summed E-state index contributed by atoms with van der Waals surface area (Å²) in [7, 11) is 0. The highest BCUT2D eigenvalue weighted by Crippen LogP contribution is 2.27. The Balaban J connectivity index is 1.82. The molecule has 0 aliphatic carbocycles. The molecule has 2 aromatic rings. The van der Waals surface area contributed by atoms with Crippen molar-refractivity contribution in [3.63, 3.8) is 0 Å². The van der Waals surface area contributed by atoms with Gasteiger partial charge in [-0.2, -0.15) is 0 Å². The Bertz CT molecular complexity index is 914. The SMILES string of the molecule is CC(C)(C)c1nc2c(c(=O)[nH]1)CN(Cc1ccc(O)c([N+](=O)[O-])c1)CC2. The van der Waals surface area contributed by atoms with E-state index in [1.807, 2.05) is 25.7 Å². The van der Waals surface area contributed by atoms with Crippen LogP contribution < -0.4 is 5.56 Å². The van der Waals surface area contributed by atoms with Gasteiger partial charge in [-0.25, -0.2) is 4.98 Å². The summed E-state index contributed by atoms with van der Waals surface area (Å²) in [4.78, 5) is 32.4. The van der Waals surface area contributed by atoms with Gasteiger partial charge in [0.25, 0.3) is 5.56 Å². The van der Waals surface area contributed by atoms with Gasteiger partial charge in [0.05, 0.1) is 16.2 Å². The van der Waals surface area contributed by atoms with E-state index in [1.165, 1.54) is 12.1 Å². The summed E-state index contributed by atoms with van der Waals surface area (Å²) in [6.07, 6.45) is 0.655. The summed E-state index contributed by atoms with van der Waals surface area (Å²) < 4.78 is 0. The lowest BCUT2D eigenvalue weighted by atomic mass is 9.95. The van der Waals surface area contributed by atoms with Crippen molar-refractivity contribution in [2.45, 2.75) is 45.7 Å². The first-order valence-electron chi connectivity index (χ1n) is 8.46. The number of nitrogens with zero attached hydrogens (tertiary/aromatic N) is 3. The van der Waals surface area contributed by atoms with E-state index in [4.69, 9.17) is 0 Å². The van der Waals surface area contributed by atoms with E-state index in [0.717, 1.165) is 5.69 Å². The topological polar surface area (TPSA) is 112 Å². The molecule has 0 radical (unpaired) electrons. The molecule has 0 saturated carbocycles. The van der Waals surface area contributed by atoms with Gasteiger partial charge >= 0.3 is 5.69 Å². The third-order valence-electron chi connectivity index (χ3n) is 4.50. The smallest absolute Gasteiger partial charge is 0.311 e.